The molecular weight excluding hydrogens is 146 g/mol. The lowest BCUT2D eigenvalue weighted by Crippen LogP contribution is -1.96. The van der Waals surface area contributed by atoms with Crippen molar-refractivity contribution in [3.05, 3.63) is 23.2 Å². The van der Waals surface area contributed by atoms with Gasteiger partial charge >= 0.3 is 5.97 Å². The van der Waals surface area contributed by atoms with Crippen LogP contribution < -0.4 is 5.73 Å². The third-order valence-corrected chi connectivity index (χ3v) is 1.40. The second-order valence-electron chi connectivity index (χ2n) is 2.19. The van der Waals surface area contributed by atoms with E-state index in [9.17, 15) is 4.79 Å². The molecule has 0 amide bonds. The summed E-state index contributed by atoms with van der Waals surface area (Å²) < 4.78 is 5.02. The van der Waals surface area contributed by atoms with Crippen molar-refractivity contribution in [2.24, 2.45) is 5.73 Å². The Morgan fingerprint density at radius 1 is 1.82 bits per heavy atom. The molecule has 60 valence electrons. The summed E-state index contributed by atoms with van der Waals surface area (Å²) in [6, 6.07) is 1.44. The molecule has 11 heavy (non-hydrogen) atoms. The maximum absolute atomic E-state index is 10.5. The molecule has 0 aromatic carbocycles. The van der Waals surface area contributed by atoms with Crippen LogP contribution in [-0.4, -0.2) is 11.1 Å². The fourth-order valence-corrected chi connectivity index (χ4v) is 0.857. The number of aromatic carboxylic acids is 1. The topological polar surface area (TPSA) is 76.5 Å². The number of aryl methyl sites for hydroxylation is 1. The van der Waals surface area contributed by atoms with E-state index in [1.165, 1.54) is 6.07 Å². The van der Waals surface area contributed by atoms with E-state index in [0.717, 1.165) is 0 Å². The Bertz CT molecular complexity index is 277. The predicted molar refractivity (Wildman–Crippen MR) is 38.3 cm³/mol. The van der Waals surface area contributed by atoms with Crippen LogP contribution in [0.5, 0.6) is 0 Å². The fourth-order valence-electron chi connectivity index (χ4n) is 0.857. The molecule has 0 aliphatic rings. The third kappa shape index (κ3) is 1.40. The molecule has 0 saturated carbocycles. The van der Waals surface area contributed by atoms with Crippen LogP contribution in [0.4, 0.5) is 0 Å². The predicted octanol–water partition coefficient (Wildman–Crippen LogP) is 0.745. The summed E-state index contributed by atoms with van der Waals surface area (Å²) >= 11 is 0. The number of carbonyl (C=O) groups is 1. The van der Waals surface area contributed by atoms with Crippen LogP contribution in [0.15, 0.2) is 10.5 Å². The quantitative estimate of drug-likeness (QED) is 0.660. The summed E-state index contributed by atoms with van der Waals surface area (Å²) in [6.07, 6.45) is 0. The van der Waals surface area contributed by atoms with Gasteiger partial charge in [0.1, 0.15) is 17.1 Å². The van der Waals surface area contributed by atoms with Crippen LogP contribution in [0.25, 0.3) is 0 Å². The summed E-state index contributed by atoms with van der Waals surface area (Å²) in [7, 11) is 0. The van der Waals surface area contributed by atoms with E-state index in [0.29, 0.717) is 11.5 Å². The minimum absolute atomic E-state index is 0.186. The molecule has 0 unspecified atom stereocenters. The highest BCUT2D eigenvalue weighted by Gasteiger charge is 2.11. The van der Waals surface area contributed by atoms with E-state index >= 15 is 0 Å². The molecule has 4 heteroatoms. The molecule has 4 nitrogen and oxygen atoms in total. The van der Waals surface area contributed by atoms with Gasteiger partial charge in [-0.05, 0) is 13.0 Å². The van der Waals surface area contributed by atoms with Gasteiger partial charge in [-0.25, -0.2) is 4.79 Å². The molecule has 0 aliphatic carbocycles. The van der Waals surface area contributed by atoms with Gasteiger partial charge in [-0.1, -0.05) is 0 Å². The first-order valence-electron chi connectivity index (χ1n) is 3.18. The molecule has 0 radical (unpaired) electrons. The number of nitrogens with two attached hydrogens (primary N) is 1. The molecule has 0 spiro atoms. The molecule has 0 saturated heterocycles. The van der Waals surface area contributed by atoms with Crippen molar-refractivity contribution in [1.29, 1.82) is 0 Å². The zero-order valence-electron chi connectivity index (χ0n) is 6.13. The molecule has 3 N–H and O–H groups in total. The number of hydrogen-bond acceptors (Lipinski definition) is 3. The minimum Gasteiger partial charge on any atom is -0.478 e. The number of furan rings is 1. The number of carboxylic acids is 1. The van der Waals surface area contributed by atoms with E-state index in [1.54, 1.807) is 6.92 Å². The highest BCUT2D eigenvalue weighted by atomic mass is 16.4. The maximum atomic E-state index is 10.5. The van der Waals surface area contributed by atoms with Gasteiger partial charge in [0, 0.05) is 0 Å². The van der Waals surface area contributed by atoms with Crippen LogP contribution in [0.3, 0.4) is 0 Å². The molecular formula is C7H9NO3. The first-order chi connectivity index (χ1) is 5.15. The first-order valence-corrected chi connectivity index (χ1v) is 3.18. The van der Waals surface area contributed by atoms with Gasteiger partial charge in [0.15, 0.2) is 0 Å². The van der Waals surface area contributed by atoms with Gasteiger partial charge in [-0.2, -0.15) is 0 Å². The molecule has 1 aromatic rings. The minimum atomic E-state index is -0.981. The Morgan fingerprint density at radius 2 is 2.45 bits per heavy atom. The van der Waals surface area contributed by atoms with Gasteiger partial charge in [-0.3, -0.25) is 0 Å². The van der Waals surface area contributed by atoms with Crippen molar-refractivity contribution in [2.75, 3.05) is 0 Å². The largest absolute Gasteiger partial charge is 0.478 e. The molecule has 0 atom stereocenters. The van der Waals surface area contributed by atoms with Crippen LogP contribution in [0, 0.1) is 6.92 Å². The lowest BCUT2D eigenvalue weighted by atomic mass is 10.2. The van der Waals surface area contributed by atoms with Crippen molar-refractivity contribution in [2.45, 2.75) is 13.5 Å². The van der Waals surface area contributed by atoms with Crippen LogP contribution in [-0.2, 0) is 6.54 Å². The summed E-state index contributed by atoms with van der Waals surface area (Å²) in [5.41, 5.74) is 5.43. The van der Waals surface area contributed by atoms with Gasteiger partial charge in [0.05, 0.1) is 6.54 Å². The number of carboxylic acid groups (broad SMARTS) is 1. The number of hydrogen-bond donors (Lipinski definition) is 2. The molecule has 0 fully saturated rings. The highest BCUT2D eigenvalue weighted by molar-refractivity contribution is 5.88. The van der Waals surface area contributed by atoms with Gasteiger partial charge < -0.3 is 15.3 Å². The van der Waals surface area contributed by atoms with Crippen LogP contribution in [0.1, 0.15) is 21.9 Å². The molecule has 1 heterocycles. The van der Waals surface area contributed by atoms with Crippen molar-refractivity contribution in [3.63, 3.8) is 0 Å². The second kappa shape index (κ2) is 2.75. The van der Waals surface area contributed by atoms with Gasteiger partial charge in [0.25, 0.3) is 0 Å². The van der Waals surface area contributed by atoms with E-state index in [1.807, 2.05) is 0 Å². The monoisotopic (exact) mass is 155 g/mol. The highest BCUT2D eigenvalue weighted by Crippen LogP contribution is 2.13. The molecule has 1 rings (SSSR count). The Hall–Kier alpha value is -1.29. The Morgan fingerprint density at radius 3 is 2.73 bits per heavy atom. The van der Waals surface area contributed by atoms with Crippen molar-refractivity contribution in [3.8, 4) is 0 Å². The first kappa shape index (κ1) is 7.81. The van der Waals surface area contributed by atoms with Crippen LogP contribution >= 0.6 is 0 Å². The van der Waals surface area contributed by atoms with Crippen molar-refractivity contribution >= 4 is 5.97 Å². The van der Waals surface area contributed by atoms with E-state index in [-0.39, 0.29) is 12.1 Å². The lowest BCUT2D eigenvalue weighted by Gasteiger charge is -1.85. The smallest absolute Gasteiger partial charge is 0.339 e. The fraction of sp³-hybridized carbons (Fsp3) is 0.286. The van der Waals surface area contributed by atoms with Crippen LogP contribution in [0.2, 0.25) is 0 Å². The SMILES string of the molecule is Cc1oc(CN)cc1C(=O)O. The normalized spacial score (nSPS) is 10.0. The second-order valence-corrected chi connectivity index (χ2v) is 2.19. The van der Waals surface area contributed by atoms with Gasteiger partial charge in [-0.15, -0.1) is 0 Å². The zero-order valence-corrected chi connectivity index (χ0v) is 6.13. The third-order valence-electron chi connectivity index (χ3n) is 1.40. The standard InChI is InChI=1S/C7H9NO3/c1-4-6(7(9)10)2-5(3-8)11-4/h2H,3,8H2,1H3,(H,9,10). The number of rotatable bonds is 2. The van der Waals surface area contributed by atoms with Crippen molar-refractivity contribution in [1.82, 2.24) is 0 Å². The molecule has 0 bridgehead atoms. The van der Waals surface area contributed by atoms with E-state index in [4.69, 9.17) is 15.3 Å². The summed E-state index contributed by atoms with van der Waals surface area (Å²) in [5.74, 6) is -0.0798. The average molecular weight is 155 g/mol. The Kier molecular flexibility index (Phi) is 1.96. The van der Waals surface area contributed by atoms with E-state index in [2.05, 4.69) is 0 Å². The molecule has 1 aromatic heterocycles. The van der Waals surface area contributed by atoms with Gasteiger partial charge in [0.2, 0.25) is 0 Å². The summed E-state index contributed by atoms with van der Waals surface area (Å²) in [6.45, 7) is 1.83. The average Bonchev–Trinajstić information content (AvgIpc) is 2.30. The summed E-state index contributed by atoms with van der Waals surface area (Å²) in [5, 5.41) is 8.57. The molecule has 0 aliphatic heterocycles. The Balaban J connectivity index is 3.07. The Labute approximate surface area is 63.6 Å². The van der Waals surface area contributed by atoms with E-state index < -0.39 is 5.97 Å². The summed E-state index contributed by atoms with van der Waals surface area (Å²) in [4.78, 5) is 10.5. The van der Waals surface area contributed by atoms with Crippen molar-refractivity contribution < 1.29 is 14.3 Å². The lowest BCUT2D eigenvalue weighted by molar-refractivity contribution is 0.0695. The maximum Gasteiger partial charge on any atom is 0.339 e. The zero-order chi connectivity index (χ0) is 8.43.